The zero-order chi connectivity index (χ0) is 22.2. The number of benzene rings is 2. The van der Waals surface area contributed by atoms with Gasteiger partial charge in [-0.2, -0.15) is 5.26 Å². The summed E-state index contributed by atoms with van der Waals surface area (Å²) in [4.78, 5) is 24.0. The van der Waals surface area contributed by atoms with Crippen molar-refractivity contribution in [2.45, 2.75) is 22.8 Å². The molecule has 2 aromatic carbocycles. The van der Waals surface area contributed by atoms with E-state index in [2.05, 4.69) is 39.5 Å². The van der Waals surface area contributed by atoms with E-state index in [0.717, 1.165) is 47.6 Å². The molecule has 0 bridgehead atoms. The van der Waals surface area contributed by atoms with Crippen molar-refractivity contribution in [3.8, 4) is 6.07 Å². The van der Waals surface area contributed by atoms with Crippen LogP contribution in [0, 0.1) is 11.3 Å². The van der Waals surface area contributed by atoms with Crippen molar-refractivity contribution in [1.82, 2.24) is 9.97 Å². The Morgan fingerprint density at radius 2 is 1.97 bits per heavy atom. The van der Waals surface area contributed by atoms with Gasteiger partial charge in [-0.1, -0.05) is 30.0 Å². The van der Waals surface area contributed by atoms with Crippen molar-refractivity contribution >= 4 is 29.0 Å². The van der Waals surface area contributed by atoms with Crippen molar-refractivity contribution in [2.24, 2.45) is 0 Å². The first-order valence-electron chi connectivity index (χ1n) is 10.4. The van der Waals surface area contributed by atoms with E-state index in [-0.39, 0.29) is 12.3 Å². The van der Waals surface area contributed by atoms with Crippen LogP contribution in [0.2, 0.25) is 0 Å². The fourth-order valence-electron chi connectivity index (χ4n) is 3.39. The van der Waals surface area contributed by atoms with Crippen molar-refractivity contribution in [2.75, 3.05) is 36.5 Å². The number of aromatic nitrogens is 2. The highest BCUT2D eigenvalue weighted by Gasteiger charge is 2.11. The Kier molecular flexibility index (Phi) is 7.33. The number of carbonyl (C=O) groups is 1. The largest absolute Gasteiger partial charge is 0.378 e. The minimum Gasteiger partial charge on any atom is -0.378 e. The molecular formula is C24H23N5O2S. The first kappa shape index (κ1) is 21.8. The summed E-state index contributed by atoms with van der Waals surface area (Å²) in [5.41, 5.74) is 3.03. The minimum atomic E-state index is -0.321. The molecule has 0 aliphatic carbocycles. The molecule has 0 unspecified atom stereocenters. The molecule has 0 radical (unpaired) electrons. The Labute approximate surface area is 191 Å². The smallest absolute Gasteiger partial charge is 0.238 e. The van der Waals surface area contributed by atoms with Crippen LogP contribution < -0.4 is 10.2 Å². The molecule has 4 rings (SSSR count). The molecule has 0 saturated carbocycles. The Morgan fingerprint density at radius 1 is 1.16 bits per heavy atom. The molecule has 1 saturated heterocycles. The maximum Gasteiger partial charge on any atom is 0.238 e. The molecule has 1 fully saturated rings. The molecule has 0 atom stereocenters. The van der Waals surface area contributed by atoms with Crippen LogP contribution in [0.15, 0.2) is 70.7 Å². The average molecular weight is 446 g/mol. The Hall–Kier alpha value is -3.41. The summed E-state index contributed by atoms with van der Waals surface area (Å²) < 4.78 is 5.42. The van der Waals surface area contributed by atoms with Crippen molar-refractivity contribution in [1.29, 1.82) is 5.26 Å². The first-order valence-corrected chi connectivity index (χ1v) is 11.2. The standard InChI is InChI=1S/C24H23N5O2S/c25-10-8-23(30)27-19-2-1-3-21(17-19)32-24-9-11-26-22(28-24)16-18-4-6-20(7-5-18)29-12-14-31-15-13-29/h1-7,9,11,17H,8,12-16H2,(H,27,30). The monoisotopic (exact) mass is 445 g/mol. The molecule has 1 aromatic heterocycles. The van der Waals surface area contributed by atoms with Gasteiger partial charge < -0.3 is 15.0 Å². The van der Waals surface area contributed by atoms with E-state index in [0.29, 0.717) is 12.1 Å². The van der Waals surface area contributed by atoms with E-state index >= 15 is 0 Å². The Balaban J connectivity index is 1.39. The second-order valence-electron chi connectivity index (χ2n) is 7.27. The molecule has 32 heavy (non-hydrogen) atoms. The molecule has 162 valence electrons. The molecule has 1 N–H and O–H groups in total. The van der Waals surface area contributed by atoms with Crippen molar-refractivity contribution in [3.63, 3.8) is 0 Å². The lowest BCUT2D eigenvalue weighted by atomic mass is 10.1. The van der Waals surface area contributed by atoms with E-state index in [9.17, 15) is 4.79 Å². The average Bonchev–Trinajstić information content (AvgIpc) is 2.81. The number of amides is 1. The first-order chi connectivity index (χ1) is 15.7. The third-order valence-corrected chi connectivity index (χ3v) is 5.86. The highest BCUT2D eigenvalue weighted by Crippen LogP contribution is 2.28. The summed E-state index contributed by atoms with van der Waals surface area (Å²) >= 11 is 1.50. The quantitative estimate of drug-likeness (QED) is 0.551. The molecule has 0 spiro atoms. The maximum absolute atomic E-state index is 11.6. The summed E-state index contributed by atoms with van der Waals surface area (Å²) in [5.74, 6) is 0.436. The van der Waals surface area contributed by atoms with E-state index < -0.39 is 0 Å². The number of hydrogen-bond acceptors (Lipinski definition) is 7. The van der Waals surface area contributed by atoms with Gasteiger partial charge in [-0.25, -0.2) is 9.97 Å². The Bertz CT molecular complexity index is 1110. The molecule has 1 aliphatic rings. The van der Waals surface area contributed by atoms with Crippen LogP contribution in [0.5, 0.6) is 0 Å². The van der Waals surface area contributed by atoms with Gasteiger partial charge in [-0.15, -0.1) is 0 Å². The number of anilines is 2. The summed E-state index contributed by atoms with van der Waals surface area (Å²) in [7, 11) is 0. The zero-order valence-corrected chi connectivity index (χ0v) is 18.3. The van der Waals surface area contributed by atoms with Crippen LogP contribution in [-0.4, -0.2) is 42.2 Å². The molecule has 1 amide bonds. The minimum absolute atomic E-state index is 0.167. The van der Waals surface area contributed by atoms with Crippen LogP contribution >= 0.6 is 11.8 Å². The summed E-state index contributed by atoms with van der Waals surface area (Å²) in [6.45, 7) is 3.39. The van der Waals surface area contributed by atoms with Crippen molar-refractivity contribution < 1.29 is 9.53 Å². The number of ether oxygens (including phenoxy) is 1. The van der Waals surface area contributed by atoms with Gasteiger partial charge in [-0.05, 0) is 42.0 Å². The van der Waals surface area contributed by atoms with E-state index in [1.165, 1.54) is 17.4 Å². The lowest BCUT2D eigenvalue weighted by molar-refractivity contribution is -0.115. The lowest BCUT2D eigenvalue weighted by Gasteiger charge is -2.28. The van der Waals surface area contributed by atoms with Crippen LogP contribution in [-0.2, 0) is 16.0 Å². The highest BCUT2D eigenvalue weighted by atomic mass is 32.2. The van der Waals surface area contributed by atoms with Crippen LogP contribution in [0.25, 0.3) is 0 Å². The second kappa shape index (κ2) is 10.8. The topological polar surface area (TPSA) is 91.1 Å². The summed E-state index contributed by atoms with van der Waals surface area (Å²) in [6, 6.07) is 19.7. The third kappa shape index (κ3) is 6.06. The van der Waals surface area contributed by atoms with Crippen LogP contribution in [0.4, 0.5) is 11.4 Å². The second-order valence-corrected chi connectivity index (χ2v) is 8.36. The zero-order valence-electron chi connectivity index (χ0n) is 17.5. The van der Waals surface area contributed by atoms with E-state index in [1.807, 2.05) is 30.3 Å². The van der Waals surface area contributed by atoms with Crippen LogP contribution in [0.1, 0.15) is 17.8 Å². The van der Waals surface area contributed by atoms with Gasteiger partial charge in [0.05, 0.1) is 19.3 Å². The SMILES string of the molecule is N#CCC(=O)Nc1cccc(Sc2ccnc(Cc3ccc(N4CCOCC4)cc3)n2)c1. The predicted octanol–water partition coefficient (Wildman–Crippen LogP) is 3.91. The van der Waals surface area contributed by atoms with Gasteiger partial charge in [0.25, 0.3) is 0 Å². The van der Waals surface area contributed by atoms with Crippen LogP contribution in [0.3, 0.4) is 0 Å². The molecular weight excluding hydrogens is 422 g/mol. The molecule has 8 heteroatoms. The summed E-state index contributed by atoms with van der Waals surface area (Å²) in [6.07, 6.45) is 2.26. The lowest BCUT2D eigenvalue weighted by Crippen LogP contribution is -2.36. The predicted molar refractivity (Wildman–Crippen MR) is 124 cm³/mol. The number of rotatable bonds is 7. The fraction of sp³-hybridized carbons (Fsp3) is 0.250. The normalized spacial score (nSPS) is 13.4. The number of morpholine rings is 1. The fourth-order valence-corrected chi connectivity index (χ4v) is 4.24. The van der Waals surface area contributed by atoms with Crippen molar-refractivity contribution in [3.05, 3.63) is 72.2 Å². The highest BCUT2D eigenvalue weighted by molar-refractivity contribution is 7.99. The number of nitrogens with one attached hydrogen (secondary N) is 1. The maximum atomic E-state index is 11.6. The molecule has 2 heterocycles. The molecule has 3 aromatic rings. The van der Waals surface area contributed by atoms with Gasteiger partial charge in [0.15, 0.2) is 0 Å². The van der Waals surface area contributed by atoms with Gasteiger partial charge in [0, 0.05) is 42.0 Å². The number of hydrogen-bond donors (Lipinski definition) is 1. The van der Waals surface area contributed by atoms with Gasteiger partial charge in [-0.3, -0.25) is 4.79 Å². The molecule has 7 nitrogen and oxygen atoms in total. The van der Waals surface area contributed by atoms with Gasteiger partial charge >= 0.3 is 0 Å². The van der Waals surface area contributed by atoms with E-state index in [1.54, 1.807) is 12.3 Å². The molecule has 1 aliphatic heterocycles. The number of carbonyl (C=O) groups excluding carboxylic acids is 1. The van der Waals surface area contributed by atoms with Gasteiger partial charge in [0.1, 0.15) is 17.3 Å². The Morgan fingerprint density at radius 3 is 2.75 bits per heavy atom. The number of nitriles is 1. The van der Waals surface area contributed by atoms with E-state index in [4.69, 9.17) is 15.0 Å². The number of nitrogens with zero attached hydrogens (tertiary/aromatic N) is 4. The third-order valence-electron chi connectivity index (χ3n) is 4.93. The summed E-state index contributed by atoms with van der Waals surface area (Å²) in [5, 5.41) is 12.2. The van der Waals surface area contributed by atoms with Gasteiger partial charge in [0.2, 0.25) is 5.91 Å².